The second-order valence-electron chi connectivity index (χ2n) is 8.93. The molecule has 3 aromatic carbocycles. The Labute approximate surface area is 200 Å². The molecule has 0 spiro atoms. The van der Waals surface area contributed by atoms with Crippen LogP contribution in [0.5, 0.6) is 0 Å². The Morgan fingerprint density at radius 2 is 1.83 bits per heavy atom. The van der Waals surface area contributed by atoms with Gasteiger partial charge in [-0.2, -0.15) is 13.2 Å². The lowest BCUT2D eigenvalue weighted by molar-refractivity contribution is -0.138. The molecule has 178 valence electrons. The summed E-state index contributed by atoms with van der Waals surface area (Å²) in [6, 6.07) is 16.1. The van der Waals surface area contributed by atoms with Crippen LogP contribution in [0.15, 0.2) is 60.7 Å². The van der Waals surface area contributed by atoms with Gasteiger partial charge in [0.1, 0.15) is 0 Å². The Bertz CT molecular complexity index is 1340. The number of carboxylic acid groups (broad SMARTS) is 1. The summed E-state index contributed by atoms with van der Waals surface area (Å²) in [5, 5.41) is 9.11. The molecule has 1 atom stereocenters. The first-order chi connectivity index (χ1) is 16.7. The fourth-order valence-corrected chi connectivity index (χ4v) is 4.99. The average molecular weight is 477 g/mol. The Morgan fingerprint density at radius 1 is 1.06 bits per heavy atom. The maximum absolute atomic E-state index is 13.0. The van der Waals surface area contributed by atoms with Gasteiger partial charge in [0.25, 0.3) is 5.91 Å². The molecule has 1 amide bonds. The SMILES string of the molecule is O=C(O)CC1CCc2cc(/C=C/c3cccc4c3CN(c3ccc(C(F)(F)F)cc3)C4=O)ccc21. The number of carboxylic acids is 1. The summed E-state index contributed by atoms with van der Waals surface area (Å²) in [7, 11) is 0. The molecule has 7 heteroatoms. The van der Waals surface area contributed by atoms with Crippen molar-refractivity contribution in [3.05, 3.63) is 99.6 Å². The molecule has 0 radical (unpaired) electrons. The van der Waals surface area contributed by atoms with Gasteiger partial charge < -0.3 is 10.0 Å². The number of alkyl halides is 3. The number of aryl methyl sites for hydroxylation is 1. The van der Waals surface area contributed by atoms with Gasteiger partial charge in [-0.1, -0.05) is 42.5 Å². The van der Waals surface area contributed by atoms with E-state index in [1.54, 1.807) is 12.1 Å². The normalized spacial score (nSPS) is 17.2. The van der Waals surface area contributed by atoms with Crippen molar-refractivity contribution in [3.63, 3.8) is 0 Å². The number of hydrogen-bond acceptors (Lipinski definition) is 2. The van der Waals surface area contributed by atoms with Crippen LogP contribution in [-0.2, 0) is 23.9 Å². The monoisotopic (exact) mass is 477 g/mol. The minimum Gasteiger partial charge on any atom is -0.481 e. The number of hydrogen-bond donors (Lipinski definition) is 1. The Kier molecular flexibility index (Phi) is 5.71. The maximum Gasteiger partial charge on any atom is 0.416 e. The van der Waals surface area contributed by atoms with E-state index in [0.717, 1.165) is 47.2 Å². The van der Waals surface area contributed by atoms with E-state index in [4.69, 9.17) is 5.11 Å². The van der Waals surface area contributed by atoms with Gasteiger partial charge in [-0.25, -0.2) is 0 Å². The van der Waals surface area contributed by atoms with Crippen LogP contribution in [0.2, 0.25) is 0 Å². The highest BCUT2D eigenvalue weighted by atomic mass is 19.4. The fraction of sp³-hybridized carbons (Fsp3) is 0.214. The van der Waals surface area contributed by atoms with Gasteiger partial charge in [0.15, 0.2) is 0 Å². The van der Waals surface area contributed by atoms with Gasteiger partial charge in [0, 0.05) is 11.3 Å². The summed E-state index contributed by atoms with van der Waals surface area (Å²) in [6.07, 6.45) is 1.31. The summed E-state index contributed by atoms with van der Waals surface area (Å²) in [6.45, 7) is 0.279. The van der Waals surface area contributed by atoms with Crippen LogP contribution in [0.4, 0.5) is 18.9 Å². The zero-order valence-corrected chi connectivity index (χ0v) is 18.7. The average Bonchev–Trinajstić information content (AvgIpc) is 3.37. The van der Waals surface area contributed by atoms with Crippen LogP contribution in [0.1, 0.15) is 62.5 Å². The number of fused-ring (bicyclic) bond motifs is 2. The number of carbonyl (C=O) groups is 2. The van der Waals surface area contributed by atoms with E-state index in [0.29, 0.717) is 11.3 Å². The molecule has 1 heterocycles. The number of rotatable bonds is 5. The standard InChI is InChI=1S/C28H22F3NO3/c29-28(30,31)21-9-11-22(12-10-21)32-16-25-18(2-1-3-24(25)27(32)35)6-4-17-5-13-23-19(14-17)7-8-20(23)15-26(33)34/h1-6,9-14,20H,7-8,15-16H2,(H,33,34)/b6-4+. The third-order valence-corrected chi connectivity index (χ3v) is 6.76. The number of carbonyl (C=O) groups excluding carboxylic acids is 1. The molecule has 1 N–H and O–H groups in total. The molecule has 4 nitrogen and oxygen atoms in total. The summed E-state index contributed by atoms with van der Waals surface area (Å²) in [5.74, 6) is -0.971. The Morgan fingerprint density at radius 3 is 2.54 bits per heavy atom. The van der Waals surface area contributed by atoms with Crippen molar-refractivity contribution in [2.75, 3.05) is 4.90 Å². The molecule has 0 fully saturated rings. The molecule has 1 unspecified atom stereocenters. The quantitative estimate of drug-likeness (QED) is 0.425. The molecular formula is C28H22F3NO3. The number of halogens is 3. The number of nitrogens with zero attached hydrogens (tertiary/aromatic N) is 1. The topological polar surface area (TPSA) is 57.6 Å². The van der Waals surface area contributed by atoms with Crippen molar-refractivity contribution >= 4 is 29.7 Å². The van der Waals surface area contributed by atoms with Gasteiger partial charge >= 0.3 is 12.1 Å². The first-order valence-corrected chi connectivity index (χ1v) is 11.3. The Hall–Kier alpha value is -3.87. The van der Waals surface area contributed by atoms with Gasteiger partial charge in [-0.3, -0.25) is 9.59 Å². The van der Waals surface area contributed by atoms with Gasteiger partial charge in [-0.15, -0.1) is 0 Å². The molecular weight excluding hydrogens is 455 g/mol. The van der Waals surface area contributed by atoms with Crippen LogP contribution < -0.4 is 4.90 Å². The highest BCUT2D eigenvalue weighted by molar-refractivity contribution is 6.10. The lowest BCUT2D eigenvalue weighted by Gasteiger charge is -2.17. The minimum absolute atomic E-state index is 0.0557. The third kappa shape index (κ3) is 4.46. The van der Waals surface area contributed by atoms with Crippen LogP contribution in [0.3, 0.4) is 0 Å². The van der Waals surface area contributed by atoms with E-state index < -0.39 is 17.7 Å². The second kappa shape index (κ2) is 8.73. The van der Waals surface area contributed by atoms with E-state index in [9.17, 15) is 22.8 Å². The lowest BCUT2D eigenvalue weighted by Crippen LogP contribution is -2.23. The van der Waals surface area contributed by atoms with Crippen molar-refractivity contribution in [2.24, 2.45) is 0 Å². The summed E-state index contributed by atoms with van der Waals surface area (Å²) in [5.41, 5.74) is 5.16. The minimum atomic E-state index is -4.43. The molecule has 5 rings (SSSR count). The second-order valence-corrected chi connectivity index (χ2v) is 8.93. The molecule has 0 saturated heterocycles. The number of amides is 1. The highest BCUT2D eigenvalue weighted by Crippen LogP contribution is 2.37. The fourth-order valence-electron chi connectivity index (χ4n) is 4.99. The Balaban J connectivity index is 1.37. The predicted molar refractivity (Wildman–Crippen MR) is 127 cm³/mol. The van der Waals surface area contributed by atoms with E-state index >= 15 is 0 Å². The molecule has 35 heavy (non-hydrogen) atoms. The maximum atomic E-state index is 13.0. The molecule has 1 aliphatic heterocycles. The lowest BCUT2D eigenvalue weighted by atomic mass is 9.96. The highest BCUT2D eigenvalue weighted by Gasteiger charge is 2.33. The third-order valence-electron chi connectivity index (χ3n) is 6.76. The summed E-state index contributed by atoms with van der Waals surface area (Å²) in [4.78, 5) is 25.6. The van der Waals surface area contributed by atoms with Crippen LogP contribution in [-0.4, -0.2) is 17.0 Å². The molecule has 2 aliphatic rings. The van der Waals surface area contributed by atoms with Gasteiger partial charge in [0.05, 0.1) is 18.5 Å². The van der Waals surface area contributed by atoms with Gasteiger partial charge in [0.2, 0.25) is 0 Å². The van der Waals surface area contributed by atoms with Gasteiger partial charge in [-0.05, 0) is 76.9 Å². The molecule has 0 saturated carbocycles. The van der Waals surface area contributed by atoms with E-state index in [1.807, 2.05) is 30.4 Å². The van der Waals surface area contributed by atoms with Crippen molar-refractivity contribution in [1.82, 2.24) is 0 Å². The summed E-state index contributed by atoms with van der Waals surface area (Å²) < 4.78 is 38.7. The molecule has 3 aromatic rings. The van der Waals surface area contributed by atoms with Crippen LogP contribution in [0, 0.1) is 0 Å². The van der Waals surface area contributed by atoms with E-state index in [2.05, 4.69) is 6.07 Å². The van der Waals surface area contributed by atoms with E-state index in [-0.39, 0.29) is 24.8 Å². The number of aliphatic carboxylic acids is 1. The number of benzene rings is 3. The zero-order valence-electron chi connectivity index (χ0n) is 18.7. The van der Waals surface area contributed by atoms with Crippen molar-refractivity contribution in [3.8, 4) is 0 Å². The first-order valence-electron chi connectivity index (χ1n) is 11.3. The van der Waals surface area contributed by atoms with Crippen LogP contribution >= 0.6 is 0 Å². The molecule has 0 aromatic heterocycles. The smallest absolute Gasteiger partial charge is 0.416 e. The van der Waals surface area contributed by atoms with E-state index in [1.165, 1.54) is 22.6 Å². The first kappa shape index (κ1) is 22.9. The molecule has 0 bridgehead atoms. The van der Waals surface area contributed by atoms with Crippen LogP contribution in [0.25, 0.3) is 12.2 Å². The largest absolute Gasteiger partial charge is 0.481 e. The van der Waals surface area contributed by atoms with Crippen molar-refractivity contribution < 1.29 is 27.9 Å². The zero-order chi connectivity index (χ0) is 24.7. The summed E-state index contributed by atoms with van der Waals surface area (Å²) >= 11 is 0. The molecule has 1 aliphatic carbocycles. The number of anilines is 1. The van der Waals surface area contributed by atoms with Crippen molar-refractivity contribution in [2.45, 2.75) is 37.9 Å². The predicted octanol–water partition coefficient (Wildman–Crippen LogP) is 6.54. The van der Waals surface area contributed by atoms with Crippen molar-refractivity contribution in [1.29, 1.82) is 0 Å².